The molecule has 1 amide bonds. The van der Waals surface area contributed by atoms with E-state index in [0.29, 0.717) is 11.8 Å². The first-order chi connectivity index (χ1) is 13.0. The van der Waals surface area contributed by atoms with Gasteiger partial charge in [0, 0.05) is 45.1 Å². The lowest BCUT2D eigenvalue weighted by Gasteiger charge is -2.31. The number of carbonyl (C=O) groups is 1. The zero-order valence-corrected chi connectivity index (χ0v) is 17.8. The minimum Gasteiger partial charge on any atom is -0.340 e. The number of hydrogen-bond acceptors (Lipinski definition) is 2. The highest BCUT2D eigenvalue weighted by Crippen LogP contribution is 2.36. The van der Waals surface area contributed by atoms with Gasteiger partial charge in [-0.25, -0.2) is 0 Å². The number of rotatable bonds is 6. The summed E-state index contributed by atoms with van der Waals surface area (Å²) in [6.07, 6.45) is 7.06. The predicted molar refractivity (Wildman–Crippen MR) is 113 cm³/mol. The molecular weight excluding hydrogens is 332 g/mol. The minimum absolute atomic E-state index is 0.208. The van der Waals surface area contributed by atoms with Gasteiger partial charge in [-0.2, -0.15) is 0 Å². The Morgan fingerprint density at radius 2 is 1.85 bits per heavy atom. The van der Waals surface area contributed by atoms with Crippen LogP contribution in [0.2, 0.25) is 0 Å². The van der Waals surface area contributed by atoms with E-state index in [2.05, 4.69) is 54.8 Å². The third kappa shape index (κ3) is 5.13. The Labute approximate surface area is 166 Å². The molecule has 0 radical (unpaired) electrons. The summed E-state index contributed by atoms with van der Waals surface area (Å²) in [4.78, 5) is 17.0. The summed E-state index contributed by atoms with van der Waals surface area (Å²) in [5, 5.41) is 0. The summed E-state index contributed by atoms with van der Waals surface area (Å²) in [5.41, 5.74) is 2.88. The predicted octanol–water partition coefficient (Wildman–Crippen LogP) is 4.85. The molecule has 3 nitrogen and oxygen atoms in total. The molecule has 3 heteroatoms. The first-order valence-corrected chi connectivity index (χ1v) is 11.0. The molecule has 1 saturated carbocycles. The van der Waals surface area contributed by atoms with E-state index in [4.69, 9.17) is 0 Å². The molecule has 1 heterocycles. The van der Waals surface area contributed by atoms with Crippen LogP contribution in [0, 0.1) is 18.8 Å². The molecule has 2 atom stereocenters. The van der Waals surface area contributed by atoms with Crippen molar-refractivity contribution in [1.29, 1.82) is 0 Å². The van der Waals surface area contributed by atoms with Crippen LogP contribution in [0.3, 0.4) is 0 Å². The Hall–Kier alpha value is -1.35. The third-order valence-corrected chi connectivity index (χ3v) is 6.80. The molecule has 1 aromatic rings. The van der Waals surface area contributed by atoms with E-state index in [0.717, 1.165) is 25.6 Å². The molecule has 1 aliphatic heterocycles. The summed E-state index contributed by atoms with van der Waals surface area (Å²) >= 11 is 0. The van der Waals surface area contributed by atoms with Crippen LogP contribution in [-0.4, -0.2) is 47.9 Å². The average molecular weight is 371 g/mol. The molecule has 0 bridgehead atoms. The molecule has 2 fully saturated rings. The van der Waals surface area contributed by atoms with Gasteiger partial charge in [-0.05, 0) is 56.6 Å². The molecule has 2 aliphatic rings. The van der Waals surface area contributed by atoms with E-state index in [1.54, 1.807) is 6.92 Å². The maximum atomic E-state index is 12.2. The number of carbonyl (C=O) groups excluding carboxylic acids is 1. The topological polar surface area (TPSA) is 23.6 Å². The van der Waals surface area contributed by atoms with Gasteiger partial charge in [-0.15, -0.1) is 0 Å². The lowest BCUT2D eigenvalue weighted by atomic mass is 9.86. The molecule has 3 rings (SSSR count). The molecule has 27 heavy (non-hydrogen) atoms. The number of amides is 1. The summed E-state index contributed by atoms with van der Waals surface area (Å²) in [5.74, 6) is 2.15. The van der Waals surface area contributed by atoms with Gasteiger partial charge in [0.25, 0.3) is 0 Å². The van der Waals surface area contributed by atoms with Crippen molar-refractivity contribution in [3.05, 3.63) is 35.4 Å². The summed E-state index contributed by atoms with van der Waals surface area (Å²) < 4.78 is 0. The normalized spacial score (nSPS) is 24.5. The Morgan fingerprint density at radius 1 is 1.15 bits per heavy atom. The highest BCUT2D eigenvalue weighted by Gasteiger charge is 2.37. The molecular formula is C24H38N2O. The minimum atomic E-state index is 0.208. The van der Waals surface area contributed by atoms with Crippen molar-refractivity contribution in [3.8, 4) is 0 Å². The van der Waals surface area contributed by atoms with Gasteiger partial charge in [0.15, 0.2) is 0 Å². The second kappa shape index (κ2) is 9.23. The fourth-order valence-electron chi connectivity index (χ4n) is 5.34. The molecule has 150 valence electrons. The fraction of sp³-hybridized carbons (Fsp3) is 0.708. The van der Waals surface area contributed by atoms with Crippen molar-refractivity contribution >= 4 is 5.91 Å². The van der Waals surface area contributed by atoms with Crippen molar-refractivity contribution in [1.82, 2.24) is 9.80 Å². The zero-order valence-electron chi connectivity index (χ0n) is 17.8. The van der Waals surface area contributed by atoms with E-state index in [9.17, 15) is 4.79 Å². The number of hydrogen-bond donors (Lipinski definition) is 0. The quantitative estimate of drug-likeness (QED) is 0.715. The van der Waals surface area contributed by atoms with Crippen molar-refractivity contribution in [2.24, 2.45) is 11.8 Å². The lowest BCUT2D eigenvalue weighted by Crippen LogP contribution is -2.40. The van der Waals surface area contributed by atoms with Crippen molar-refractivity contribution in [2.75, 3.05) is 26.2 Å². The Bertz CT molecular complexity index is 621. The lowest BCUT2D eigenvalue weighted by molar-refractivity contribution is -0.131. The van der Waals surface area contributed by atoms with Crippen molar-refractivity contribution in [3.63, 3.8) is 0 Å². The van der Waals surface area contributed by atoms with E-state index in [-0.39, 0.29) is 11.9 Å². The standard InChI is InChI=1S/C24H38N2O/c1-18(2)26(20(4)27)16-22-15-25(14-21-11-6-5-7-12-21)17-24(22)23-13-9-8-10-19(23)3/h8-10,13,18,21-22,24H,5-7,11-12,14-17H2,1-4H3. The summed E-state index contributed by atoms with van der Waals surface area (Å²) in [7, 11) is 0. The molecule has 1 aliphatic carbocycles. The van der Waals surface area contributed by atoms with Crippen LogP contribution >= 0.6 is 0 Å². The Balaban J connectivity index is 1.76. The van der Waals surface area contributed by atoms with Gasteiger partial charge < -0.3 is 9.80 Å². The van der Waals surface area contributed by atoms with Gasteiger partial charge in [0.2, 0.25) is 5.91 Å². The second-order valence-corrected chi connectivity index (χ2v) is 9.21. The monoisotopic (exact) mass is 370 g/mol. The first kappa shape index (κ1) is 20.4. The van der Waals surface area contributed by atoms with Gasteiger partial charge in [-0.3, -0.25) is 4.79 Å². The summed E-state index contributed by atoms with van der Waals surface area (Å²) in [6, 6.07) is 9.13. The maximum Gasteiger partial charge on any atom is 0.219 e. The van der Waals surface area contributed by atoms with Gasteiger partial charge >= 0.3 is 0 Å². The third-order valence-electron chi connectivity index (χ3n) is 6.80. The van der Waals surface area contributed by atoms with Crippen LogP contribution in [-0.2, 0) is 4.79 Å². The van der Waals surface area contributed by atoms with Crippen LogP contribution in [0.15, 0.2) is 24.3 Å². The number of benzene rings is 1. The van der Waals surface area contributed by atoms with E-state index < -0.39 is 0 Å². The summed E-state index contributed by atoms with van der Waals surface area (Å²) in [6.45, 7) is 12.6. The Kier molecular flexibility index (Phi) is 6.97. The number of nitrogens with zero attached hydrogens (tertiary/aromatic N) is 2. The highest BCUT2D eigenvalue weighted by molar-refractivity contribution is 5.73. The molecule has 0 aromatic heterocycles. The SMILES string of the molecule is CC(=O)N(CC1CN(CC2CCCCC2)CC1c1ccccc1C)C(C)C. The van der Waals surface area contributed by atoms with Crippen LogP contribution in [0.5, 0.6) is 0 Å². The smallest absolute Gasteiger partial charge is 0.219 e. The van der Waals surface area contributed by atoms with Crippen molar-refractivity contribution < 1.29 is 4.79 Å². The fourth-order valence-corrected chi connectivity index (χ4v) is 5.34. The molecule has 1 saturated heterocycles. The zero-order chi connectivity index (χ0) is 19.4. The van der Waals surface area contributed by atoms with Gasteiger partial charge in [-0.1, -0.05) is 43.5 Å². The largest absolute Gasteiger partial charge is 0.340 e. The van der Waals surface area contributed by atoms with Gasteiger partial charge in [0.1, 0.15) is 0 Å². The first-order valence-electron chi connectivity index (χ1n) is 11.0. The molecule has 0 N–H and O–H groups in total. The number of aryl methyl sites for hydroxylation is 1. The van der Waals surface area contributed by atoms with Crippen LogP contribution < -0.4 is 0 Å². The van der Waals surface area contributed by atoms with Gasteiger partial charge in [0.05, 0.1) is 0 Å². The van der Waals surface area contributed by atoms with Crippen LogP contribution in [0.4, 0.5) is 0 Å². The molecule has 2 unspecified atom stereocenters. The molecule has 0 spiro atoms. The van der Waals surface area contributed by atoms with E-state index in [1.165, 1.54) is 49.8 Å². The van der Waals surface area contributed by atoms with Crippen molar-refractivity contribution in [2.45, 2.75) is 71.8 Å². The maximum absolute atomic E-state index is 12.2. The Morgan fingerprint density at radius 3 is 2.48 bits per heavy atom. The molecule has 1 aromatic carbocycles. The number of likely N-dealkylation sites (tertiary alicyclic amines) is 1. The van der Waals surface area contributed by atoms with Crippen LogP contribution in [0.1, 0.15) is 69.9 Å². The van der Waals surface area contributed by atoms with Crippen LogP contribution in [0.25, 0.3) is 0 Å². The average Bonchev–Trinajstić information content (AvgIpc) is 3.02. The van der Waals surface area contributed by atoms with E-state index >= 15 is 0 Å². The van der Waals surface area contributed by atoms with E-state index in [1.807, 2.05) is 0 Å². The highest BCUT2D eigenvalue weighted by atomic mass is 16.2. The second-order valence-electron chi connectivity index (χ2n) is 9.21.